The first-order chi connectivity index (χ1) is 8.46. The van der Waals surface area contributed by atoms with Crippen molar-refractivity contribution in [1.29, 1.82) is 0 Å². The van der Waals surface area contributed by atoms with Crippen molar-refractivity contribution in [3.63, 3.8) is 0 Å². The van der Waals surface area contributed by atoms with Crippen LogP contribution in [0.3, 0.4) is 0 Å². The summed E-state index contributed by atoms with van der Waals surface area (Å²) in [6.45, 7) is 2.78. The molecule has 0 heterocycles. The van der Waals surface area contributed by atoms with Crippen molar-refractivity contribution >= 4 is 35.8 Å². The second-order valence-electron chi connectivity index (χ2n) is 4.81. The summed E-state index contributed by atoms with van der Waals surface area (Å²) in [6, 6.07) is 6.10. The van der Waals surface area contributed by atoms with Gasteiger partial charge in [0.15, 0.2) is 9.84 Å². The van der Waals surface area contributed by atoms with Gasteiger partial charge in [-0.3, -0.25) is 0 Å². The predicted molar refractivity (Wildman–Crippen MR) is 78.3 cm³/mol. The van der Waals surface area contributed by atoms with Crippen molar-refractivity contribution in [2.75, 3.05) is 12.8 Å². The van der Waals surface area contributed by atoms with Crippen molar-refractivity contribution < 1.29 is 16.8 Å². The van der Waals surface area contributed by atoms with E-state index in [9.17, 15) is 16.8 Å². The summed E-state index contributed by atoms with van der Waals surface area (Å²) in [4.78, 5) is 0.0972. The topological polar surface area (TPSA) is 80.3 Å². The maximum Gasteiger partial charge on any atom is 0.240 e. The van der Waals surface area contributed by atoms with E-state index >= 15 is 0 Å². The highest BCUT2D eigenvalue weighted by Gasteiger charge is 2.31. The van der Waals surface area contributed by atoms with Crippen LogP contribution in [-0.2, 0) is 19.9 Å². The Morgan fingerprint density at radius 1 is 1.11 bits per heavy atom. The summed E-state index contributed by atoms with van der Waals surface area (Å²) in [5.41, 5.74) is 0. The first-order valence-corrected chi connectivity index (χ1v) is 9.57. The zero-order valence-corrected chi connectivity index (χ0v) is 14.1. The van der Waals surface area contributed by atoms with Crippen LogP contribution in [0.15, 0.2) is 33.6 Å². The first-order valence-electron chi connectivity index (χ1n) is 5.40. The number of hydrogen-bond donors (Lipinski definition) is 1. The second kappa shape index (κ2) is 5.51. The molecule has 0 aliphatic carbocycles. The molecule has 5 nitrogen and oxygen atoms in total. The molecule has 0 atom stereocenters. The highest BCUT2D eigenvalue weighted by Crippen LogP contribution is 2.17. The van der Waals surface area contributed by atoms with Crippen LogP contribution in [0, 0.1) is 0 Å². The Bertz CT molecular complexity index is 648. The van der Waals surface area contributed by atoms with Gasteiger partial charge in [0.1, 0.15) is 0 Å². The minimum atomic E-state index is -3.71. The second-order valence-corrected chi connectivity index (χ2v) is 10.1. The fourth-order valence-corrected chi connectivity index (χ4v) is 3.00. The minimum Gasteiger partial charge on any atom is -0.229 e. The molecule has 0 saturated carbocycles. The lowest BCUT2D eigenvalue weighted by molar-refractivity contribution is 0.537. The Hall–Kier alpha value is -0.440. The highest BCUT2D eigenvalue weighted by atomic mass is 79.9. The SMILES string of the molecule is CC(C)(CNS(=O)(=O)c1ccc(Br)cc1)S(C)(=O)=O. The lowest BCUT2D eigenvalue weighted by atomic mass is 10.2. The van der Waals surface area contributed by atoms with E-state index < -0.39 is 24.6 Å². The molecule has 0 radical (unpaired) electrons. The fraction of sp³-hybridized carbons (Fsp3) is 0.455. The normalized spacial score (nSPS) is 13.5. The van der Waals surface area contributed by atoms with E-state index in [2.05, 4.69) is 20.7 Å². The molecular formula is C11H16BrNO4S2. The Kier molecular flexibility index (Phi) is 4.82. The summed E-state index contributed by atoms with van der Waals surface area (Å²) >= 11 is 3.21. The predicted octanol–water partition coefficient (Wildman–Crippen LogP) is 1.55. The van der Waals surface area contributed by atoms with Gasteiger partial charge in [-0.25, -0.2) is 21.6 Å². The molecule has 0 fully saturated rings. The fourth-order valence-electron chi connectivity index (χ4n) is 1.10. The van der Waals surface area contributed by atoms with E-state index in [1.165, 1.54) is 26.0 Å². The number of hydrogen-bond acceptors (Lipinski definition) is 4. The van der Waals surface area contributed by atoms with Crippen molar-refractivity contribution in [3.05, 3.63) is 28.7 Å². The van der Waals surface area contributed by atoms with Gasteiger partial charge in [0.05, 0.1) is 9.64 Å². The molecule has 1 aromatic rings. The summed E-state index contributed by atoms with van der Waals surface area (Å²) in [6.07, 6.45) is 1.08. The number of sulfone groups is 1. The molecule has 108 valence electrons. The van der Waals surface area contributed by atoms with E-state index in [1.807, 2.05) is 0 Å². The van der Waals surface area contributed by atoms with Gasteiger partial charge in [0.2, 0.25) is 10.0 Å². The molecule has 0 spiro atoms. The highest BCUT2D eigenvalue weighted by molar-refractivity contribution is 9.10. The van der Waals surface area contributed by atoms with E-state index in [-0.39, 0.29) is 11.4 Å². The standard InChI is InChI=1S/C11H16BrNO4S2/c1-11(2,18(3,14)15)8-13-19(16,17)10-6-4-9(12)5-7-10/h4-7,13H,8H2,1-3H3. The zero-order chi connectivity index (χ0) is 14.9. The van der Waals surface area contributed by atoms with Crippen molar-refractivity contribution in [3.8, 4) is 0 Å². The lowest BCUT2D eigenvalue weighted by Gasteiger charge is -2.22. The smallest absolute Gasteiger partial charge is 0.229 e. The molecule has 0 aromatic heterocycles. The molecule has 1 rings (SSSR count). The zero-order valence-electron chi connectivity index (χ0n) is 10.8. The molecule has 0 amide bonds. The lowest BCUT2D eigenvalue weighted by Crippen LogP contribution is -2.43. The molecule has 0 bridgehead atoms. The average molecular weight is 370 g/mol. The van der Waals surface area contributed by atoms with Crippen molar-refractivity contribution in [2.24, 2.45) is 0 Å². The van der Waals surface area contributed by atoms with Gasteiger partial charge in [-0.05, 0) is 38.1 Å². The van der Waals surface area contributed by atoms with Crippen LogP contribution < -0.4 is 4.72 Å². The molecule has 0 aliphatic heterocycles. The molecule has 19 heavy (non-hydrogen) atoms. The number of nitrogens with one attached hydrogen (secondary N) is 1. The van der Waals surface area contributed by atoms with E-state index in [0.29, 0.717) is 0 Å². The van der Waals surface area contributed by atoms with Gasteiger partial charge < -0.3 is 0 Å². The molecular weight excluding hydrogens is 354 g/mol. The van der Waals surface area contributed by atoms with E-state index in [4.69, 9.17) is 0 Å². The number of sulfonamides is 1. The van der Waals surface area contributed by atoms with Gasteiger partial charge >= 0.3 is 0 Å². The number of rotatable bonds is 5. The molecule has 8 heteroatoms. The molecule has 1 N–H and O–H groups in total. The van der Waals surface area contributed by atoms with Crippen molar-refractivity contribution in [1.82, 2.24) is 4.72 Å². The van der Waals surface area contributed by atoms with Crippen molar-refractivity contribution in [2.45, 2.75) is 23.5 Å². The summed E-state index contributed by atoms with van der Waals surface area (Å²) in [5.74, 6) is 0. The maximum absolute atomic E-state index is 12.0. The third kappa shape index (κ3) is 4.27. The summed E-state index contributed by atoms with van der Waals surface area (Å²) < 4.78 is 48.9. The third-order valence-corrected chi connectivity index (χ3v) is 6.91. The van der Waals surface area contributed by atoms with Gasteiger partial charge in [0.25, 0.3) is 0 Å². The molecule has 1 aromatic carbocycles. The van der Waals surface area contributed by atoms with Crippen LogP contribution in [0.4, 0.5) is 0 Å². The quantitative estimate of drug-likeness (QED) is 0.853. The first kappa shape index (κ1) is 16.6. The maximum atomic E-state index is 12.0. The Morgan fingerprint density at radius 3 is 2.00 bits per heavy atom. The van der Waals surface area contributed by atoms with Crippen LogP contribution in [-0.4, -0.2) is 34.4 Å². The van der Waals surface area contributed by atoms with Crippen LogP contribution in [0.2, 0.25) is 0 Å². The van der Waals surface area contributed by atoms with Crippen LogP contribution in [0.5, 0.6) is 0 Å². The summed E-state index contributed by atoms with van der Waals surface area (Å²) in [7, 11) is -7.05. The third-order valence-electron chi connectivity index (χ3n) is 2.82. The van der Waals surface area contributed by atoms with Crippen LogP contribution in [0.1, 0.15) is 13.8 Å². The van der Waals surface area contributed by atoms with Crippen LogP contribution in [0.25, 0.3) is 0 Å². The van der Waals surface area contributed by atoms with E-state index in [0.717, 1.165) is 10.7 Å². The number of halogens is 1. The van der Waals surface area contributed by atoms with Crippen LogP contribution >= 0.6 is 15.9 Å². The average Bonchev–Trinajstić information content (AvgIpc) is 2.26. The molecule has 0 aliphatic rings. The molecule has 0 unspecified atom stereocenters. The largest absolute Gasteiger partial charge is 0.240 e. The minimum absolute atomic E-state index is 0.0972. The number of benzene rings is 1. The molecule has 0 saturated heterocycles. The van der Waals surface area contributed by atoms with Gasteiger partial charge in [0, 0.05) is 17.3 Å². The Labute approximate surface area is 122 Å². The van der Waals surface area contributed by atoms with Gasteiger partial charge in [-0.1, -0.05) is 15.9 Å². The van der Waals surface area contributed by atoms with Gasteiger partial charge in [-0.2, -0.15) is 0 Å². The Balaban J connectivity index is 2.91. The summed E-state index contributed by atoms with van der Waals surface area (Å²) in [5, 5.41) is 0. The Morgan fingerprint density at radius 2 is 1.58 bits per heavy atom. The van der Waals surface area contributed by atoms with Gasteiger partial charge in [-0.15, -0.1) is 0 Å². The monoisotopic (exact) mass is 369 g/mol. The van der Waals surface area contributed by atoms with E-state index in [1.54, 1.807) is 12.1 Å².